The summed E-state index contributed by atoms with van der Waals surface area (Å²) in [6.07, 6.45) is 3.21. The van der Waals surface area contributed by atoms with Crippen molar-refractivity contribution in [1.82, 2.24) is 0 Å². The Hall–Kier alpha value is -2.40. The quantitative estimate of drug-likeness (QED) is 0.823. The first-order chi connectivity index (χ1) is 9.19. The summed E-state index contributed by atoms with van der Waals surface area (Å²) in [5, 5.41) is 9.16. The summed E-state index contributed by atoms with van der Waals surface area (Å²) < 4.78 is 9.88. The van der Waals surface area contributed by atoms with Crippen LogP contribution in [0.1, 0.15) is 10.4 Å². The number of aliphatic hydroxyl groups excluding tert-OH is 1. The van der Waals surface area contributed by atoms with Crippen LogP contribution in [0.5, 0.6) is 0 Å². The van der Waals surface area contributed by atoms with Crippen LogP contribution in [0.25, 0.3) is 0 Å². The average molecular weight is 260 g/mol. The standard InChI is InChI=1S/C14H12O5/c15-9-12(8-11-6-7-13(16)18-11)19-14(17)10-4-2-1-3-5-10/h1-8,12,15H,9H2/b11-8-/t12-/m1/s1. The number of carbonyl (C=O) groups excluding carboxylic acids is 2. The number of benzene rings is 1. The summed E-state index contributed by atoms with van der Waals surface area (Å²) in [6, 6.07) is 8.43. The summed E-state index contributed by atoms with van der Waals surface area (Å²) in [4.78, 5) is 22.6. The lowest BCUT2D eigenvalue weighted by Gasteiger charge is -2.12. The highest BCUT2D eigenvalue weighted by molar-refractivity contribution is 5.89. The molecular formula is C14H12O5. The minimum absolute atomic E-state index is 0.255. The number of ether oxygens (including phenoxy) is 2. The predicted molar refractivity (Wildman–Crippen MR) is 66.0 cm³/mol. The van der Waals surface area contributed by atoms with Crippen molar-refractivity contribution in [2.24, 2.45) is 0 Å². The number of hydrogen-bond acceptors (Lipinski definition) is 5. The number of rotatable bonds is 4. The monoisotopic (exact) mass is 260 g/mol. The lowest BCUT2D eigenvalue weighted by Crippen LogP contribution is -2.20. The fraction of sp³-hybridized carbons (Fsp3) is 0.143. The van der Waals surface area contributed by atoms with Crippen LogP contribution >= 0.6 is 0 Å². The fourth-order valence-electron chi connectivity index (χ4n) is 1.51. The van der Waals surface area contributed by atoms with Crippen LogP contribution in [0, 0.1) is 0 Å². The van der Waals surface area contributed by atoms with E-state index in [2.05, 4.69) is 0 Å². The minimum atomic E-state index is -0.863. The lowest BCUT2D eigenvalue weighted by atomic mass is 10.2. The Bertz CT molecular complexity index is 530. The van der Waals surface area contributed by atoms with Gasteiger partial charge in [0.1, 0.15) is 11.9 Å². The summed E-state index contributed by atoms with van der Waals surface area (Å²) in [7, 11) is 0. The fourth-order valence-corrected chi connectivity index (χ4v) is 1.51. The number of hydrogen-bond donors (Lipinski definition) is 1. The second kappa shape index (κ2) is 5.97. The Morgan fingerprint density at radius 1 is 1.32 bits per heavy atom. The Labute approximate surface area is 109 Å². The molecule has 19 heavy (non-hydrogen) atoms. The maximum atomic E-state index is 11.8. The number of carbonyl (C=O) groups is 2. The van der Waals surface area contributed by atoms with Gasteiger partial charge in [-0.2, -0.15) is 0 Å². The highest BCUT2D eigenvalue weighted by atomic mass is 16.6. The molecule has 0 spiro atoms. The Morgan fingerprint density at radius 3 is 2.63 bits per heavy atom. The van der Waals surface area contributed by atoms with Gasteiger partial charge in [0, 0.05) is 12.2 Å². The molecule has 0 bridgehead atoms. The van der Waals surface area contributed by atoms with E-state index in [0.29, 0.717) is 5.56 Å². The molecule has 0 saturated heterocycles. The molecule has 1 atom stereocenters. The third-order valence-electron chi connectivity index (χ3n) is 2.40. The van der Waals surface area contributed by atoms with E-state index in [1.807, 2.05) is 0 Å². The summed E-state index contributed by atoms with van der Waals surface area (Å²) in [5.41, 5.74) is 0.387. The zero-order valence-electron chi connectivity index (χ0n) is 9.98. The van der Waals surface area contributed by atoms with Crippen LogP contribution in [0.4, 0.5) is 0 Å². The zero-order chi connectivity index (χ0) is 13.7. The van der Waals surface area contributed by atoms with E-state index in [1.165, 1.54) is 18.2 Å². The van der Waals surface area contributed by atoms with Crippen molar-refractivity contribution in [3.05, 3.63) is 59.9 Å². The van der Waals surface area contributed by atoms with Crippen LogP contribution in [-0.2, 0) is 14.3 Å². The molecule has 0 saturated carbocycles. The van der Waals surface area contributed by atoms with Crippen molar-refractivity contribution >= 4 is 11.9 Å². The van der Waals surface area contributed by atoms with Gasteiger partial charge >= 0.3 is 11.9 Å². The number of allylic oxidation sites excluding steroid dienone is 1. The summed E-state index contributed by atoms with van der Waals surface area (Å²) >= 11 is 0. The van der Waals surface area contributed by atoms with Gasteiger partial charge in [0.2, 0.25) is 0 Å². The van der Waals surface area contributed by atoms with Crippen LogP contribution in [0.3, 0.4) is 0 Å². The van der Waals surface area contributed by atoms with Crippen molar-refractivity contribution in [1.29, 1.82) is 0 Å². The second-order valence-corrected chi connectivity index (χ2v) is 3.82. The molecule has 1 aliphatic heterocycles. The molecule has 98 valence electrons. The van der Waals surface area contributed by atoms with E-state index in [9.17, 15) is 9.59 Å². The first-order valence-corrected chi connectivity index (χ1v) is 5.67. The van der Waals surface area contributed by atoms with E-state index in [1.54, 1.807) is 30.3 Å². The van der Waals surface area contributed by atoms with Crippen LogP contribution in [-0.4, -0.2) is 29.8 Å². The first-order valence-electron chi connectivity index (χ1n) is 5.67. The summed E-state index contributed by atoms with van der Waals surface area (Å²) in [5.74, 6) is -0.785. The molecule has 0 amide bonds. The van der Waals surface area contributed by atoms with Crippen molar-refractivity contribution in [3.63, 3.8) is 0 Å². The minimum Gasteiger partial charge on any atom is -0.452 e. The van der Waals surface area contributed by atoms with Gasteiger partial charge in [-0.3, -0.25) is 0 Å². The van der Waals surface area contributed by atoms with E-state index >= 15 is 0 Å². The van der Waals surface area contributed by atoms with E-state index in [0.717, 1.165) is 0 Å². The van der Waals surface area contributed by atoms with Gasteiger partial charge < -0.3 is 14.6 Å². The SMILES string of the molecule is O=C1C=C/C(=C/[C@H](CO)OC(=O)c2ccccc2)O1. The van der Waals surface area contributed by atoms with E-state index in [4.69, 9.17) is 14.6 Å². The number of esters is 2. The van der Waals surface area contributed by atoms with Crippen LogP contribution in [0.15, 0.2) is 54.3 Å². The molecule has 1 aromatic carbocycles. The molecule has 1 aliphatic rings. The highest BCUT2D eigenvalue weighted by Crippen LogP contribution is 2.12. The first kappa shape index (κ1) is 13.0. The van der Waals surface area contributed by atoms with Crippen molar-refractivity contribution in [3.8, 4) is 0 Å². The Kier molecular flexibility index (Phi) is 4.10. The number of cyclic esters (lactones) is 1. The Morgan fingerprint density at radius 2 is 2.05 bits per heavy atom. The third kappa shape index (κ3) is 3.53. The third-order valence-corrected chi connectivity index (χ3v) is 2.40. The number of aliphatic hydroxyl groups is 1. The van der Waals surface area contributed by atoms with Crippen molar-refractivity contribution in [2.45, 2.75) is 6.10 Å². The van der Waals surface area contributed by atoms with Gasteiger partial charge in [-0.1, -0.05) is 18.2 Å². The largest absolute Gasteiger partial charge is 0.452 e. The molecule has 0 radical (unpaired) electrons. The molecule has 0 aromatic heterocycles. The van der Waals surface area contributed by atoms with Gasteiger partial charge in [-0.25, -0.2) is 9.59 Å². The maximum Gasteiger partial charge on any atom is 0.338 e. The molecule has 5 heteroatoms. The van der Waals surface area contributed by atoms with E-state index in [-0.39, 0.29) is 5.76 Å². The molecule has 0 aliphatic carbocycles. The molecule has 1 heterocycles. The smallest absolute Gasteiger partial charge is 0.338 e. The molecule has 5 nitrogen and oxygen atoms in total. The molecule has 0 fully saturated rings. The Balaban J connectivity index is 2.02. The molecule has 0 unspecified atom stereocenters. The average Bonchev–Trinajstić information content (AvgIpc) is 2.84. The van der Waals surface area contributed by atoms with Crippen LogP contribution < -0.4 is 0 Å². The van der Waals surface area contributed by atoms with Gasteiger partial charge in [-0.05, 0) is 18.2 Å². The van der Waals surface area contributed by atoms with Gasteiger partial charge in [0.25, 0.3) is 0 Å². The summed E-state index contributed by atoms with van der Waals surface area (Å²) in [6.45, 7) is -0.395. The second-order valence-electron chi connectivity index (χ2n) is 3.82. The predicted octanol–water partition coefficient (Wildman–Crippen LogP) is 1.20. The molecule has 1 aromatic rings. The van der Waals surface area contributed by atoms with Crippen molar-refractivity contribution in [2.75, 3.05) is 6.61 Å². The molecular weight excluding hydrogens is 248 g/mol. The van der Waals surface area contributed by atoms with Crippen LogP contribution in [0.2, 0.25) is 0 Å². The normalized spacial score (nSPS) is 17.3. The van der Waals surface area contributed by atoms with Crippen molar-refractivity contribution < 1.29 is 24.2 Å². The van der Waals surface area contributed by atoms with Gasteiger partial charge in [-0.15, -0.1) is 0 Å². The van der Waals surface area contributed by atoms with E-state index < -0.39 is 24.6 Å². The maximum absolute atomic E-state index is 11.8. The molecule has 1 N–H and O–H groups in total. The topological polar surface area (TPSA) is 72.8 Å². The molecule has 2 rings (SSSR count). The zero-order valence-corrected chi connectivity index (χ0v) is 9.98. The van der Waals surface area contributed by atoms with Gasteiger partial charge in [0.15, 0.2) is 0 Å². The lowest BCUT2D eigenvalue weighted by molar-refractivity contribution is -0.132. The van der Waals surface area contributed by atoms with Gasteiger partial charge in [0.05, 0.1) is 12.2 Å². The highest BCUT2D eigenvalue weighted by Gasteiger charge is 2.16.